The van der Waals surface area contributed by atoms with Crippen molar-refractivity contribution in [2.24, 2.45) is 0 Å². The molecule has 4 nitrogen and oxygen atoms in total. The Morgan fingerprint density at radius 2 is 1.48 bits per heavy atom. The highest BCUT2D eigenvalue weighted by Crippen LogP contribution is 2.28. The molecule has 0 saturated carbocycles. The van der Waals surface area contributed by atoms with E-state index in [1.165, 1.54) is 31.0 Å². The van der Waals surface area contributed by atoms with Gasteiger partial charge in [-0.1, -0.05) is 70.6 Å². The van der Waals surface area contributed by atoms with Crippen molar-refractivity contribution >= 4 is 10.1 Å². The number of hydrogen-bond acceptors (Lipinski definition) is 4. The van der Waals surface area contributed by atoms with Crippen LogP contribution in [0.15, 0.2) is 47.4 Å². The first kappa shape index (κ1) is 23.3. The highest BCUT2D eigenvalue weighted by atomic mass is 32.2. The second-order valence-corrected chi connectivity index (χ2v) is 9.06. The molecule has 0 fully saturated rings. The van der Waals surface area contributed by atoms with E-state index in [0.717, 1.165) is 62.5 Å². The predicted octanol–water partition coefficient (Wildman–Crippen LogP) is 6.41. The summed E-state index contributed by atoms with van der Waals surface area (Å²) in [5.74, 6) is 0.0949. The fourth-order valence-electron chi connectivity index (χ4n) is 3.54. The zero-order valence-electron chi connectivity index (χ0n) is 17.7. The molecular weight excluding hydrogens is 384 g/mol. The number of unbranched alkanes of at least 4 members (excludes halogenated alkanes) is 6. The van der Waals surface area contributed by atoms with Crippen LogP contribution in [0, 0.1) is 0 Å². The van der Waals surface area contributed by atoms with Crippen molar-refractivity contribution in [1.82, 2.24) is 0 Å². The molecule has 0 amide bonds. The molecule has 2 rings (SSSR count). The second-order valence-electron chi connectivity index (χ2n) is 7.55. The largest absolute Gasteiger partial charge is 0.508 e. The number of rotatable bonds is 13. The first-order chi connectivity index (χ1) is 14.0. The third-order valence-electron chi connectivity index (χ3n) is 5.10. The van der Waals surface area contributed by atoms with Crippen molar-refractivity contribution in [1.29, 1.82) is 0 Å². The summed E-state index contributed by atoms with van der Waals surface area (Å²) in [7, 11) is -3.97. The highest BCUT2D eigenvalue weighted by Gasteiger charge is 2.23. The van der Waals surface area contributed by atoms with Gasteiger partial charge in [-0.3, -0.25) is 0 Å². The summed E-state index contributed by atoms with van der Waals surface area (Å²) >= 11 is 0. The maximum atomic E-state index is 13.0. The first-order valence-corrected chi connectivity index (χ1v) is 12.2. The van der Waals surface area contributed by atoms with Crippen LogP contribution in [0.3, 0.4) is 0 Å². The molecule has 0 aliphatic heterocycles. The topological polar surface area (TPSA) is 63.6 Å². The van der Waals surface area contributed by atoms with Crippen LogP contribution < -0.4 is 4.18 Å². The molecule has 0 unspecified atom stereocenters. The van der Waals surface area contributed by atoms with E-state index in [1.54, 1.807) is 12.1 Å². The minimum absolute atomic E-state index is 0.0258. The van der Waals surface area contributed by atoms with Crippen LogP contribution in [-0.4, -0.2) is 13.5 Å². The van der Waals surface area contributed by atoms with Gasteiger partial charge in [-0.15, -0.1) is 0 Å². The summed E-state index contributed by atoms with van der Waals surface area (Å²) in [4.78, 5) is 0.255. The fraction of sp³-hybridized carbons (Fsp3) is 0.500. The second kappa shape index (κ2) is 11.9. The Morgan fingerprint density at radius 1 is 0.828 bits per heavy atom. The van der Waals surface area contributed by atoms with Gasteiger partial charge < -0.3 is 9.29 Å². The number of phenols is 1. The molecule has 29 heavy (non-hydrogen) atoms. The molecule has 0 saturated heterocycles. The number of phenolic OH excluding ortho intramolecular Hbond substituents is 1. The van der Waals surface area contributed by atoms with Gasteiger partial charge in [0, 0.05) is 6.07 Å². The van der Waals surface area contributed by atoms with Gasteiger partial charge in [-0.25, -0.2) is 0 Å². The molecule has 0 radical (unpaired) electrons. The maximum Gasteiger partial charge on any atom is 0.339 e. The van der Waals surface area contributed by atoms with Crippen LogP contribution in [0.5, 0.6) is 11.5 Å². The Balaban J connectivity index is 2.29. The molecule has 160 valence electrons. The molecule has 1 N–H and O–H groups in total. The van der Waals surface area contributed by atoms with E-state index in [0.29, 0.717) is 0 Å². The summed E-state index contributed by atoms with van der Waals surface area (Å²) in [6.07, 6.45) is 10.6. The monoisotopic (exact) mass is 418 g/mol. The maximum absolute atomic E-state index is 13.0. The van der Waals surface area contributed by atoms with Gasteiger partial charge >= 0.3 is 10.1 Å². The van der Waals surface area contributed by atoms with Crippen LogP contribution >= 0.6 is 0 Å². The molecule has 0 aromatic heterocycles. The number of hydrogen-bond donors (Lipinski definition) is 1. The molecule has 0 spiro atoms. The van der Waals surface area contributed by atoms with Gasteiger partial charge in [0.15, 0.2) is 0 Å². The Hall–Kier alpha value is -2.01. The first-order valence-electron chi connectivity index (χ1n) is 10.8. The van der Waals surface area contributed by atoms with Crippen molar-refractivity contribution < 1.29 is 17.7 Å². The molecule has 0 atom stereocenters. The van der Waals surface area contributed by atoms with E-state index in [4.69, 9.17) is 4.18 Å². The van der Waals surface area contributed by atoms with Gasteiger partial charge in [0.25, 0.3) is 0 Å². The zero-order valence-corrected chi connectivity index (χ0v) is 18.5. The van der Waals surface area contributed by atoms with Crippen molar-refractivity contribution in [3.8, 4) is 11.5 Å². The lowest BCUT2D eigenvalue weighted by atomic mass is 9.96. The highest BCUT2D eigenvalue weighted by molar-refractivity contribution is 7.87. The molecule has 0 aliphatic rings. The Kier molecular flexibility index (Phi) is 9.52. The number of aromatic hydroxyl groups is 1. The Bertz CT molecular complexity index is 859. The van der Waals surface area contributed by atoms with E-state index in [9.17, 15) is 13.5 Å². The Morgan fingerprint density at radius 3 is 2.14 bits per heavy atom. The van der Waals surface area contributed by atoms with E-state index in [1.807, 2.05) is 6.07 Å². The third-order valence-corrected chi connectivity index (χ3v) is 6.44. The van der Waals surface area contributed by atoms with Crippen molar-refractivity contribution in [3.63, 3.8) is 0 Å². The number of aryl methyl sites for hydroxylation is 1. The average molecular weight is 419 g/mol. The van der Waals surface area contributed by atoms with Gasteiger partial charge in [0.2, 0.25) is 0 Å². The standard InChI is InChI=1S/C24H34O4S/c1-3-5-7-9-13-20-14-11-18-24(23(20)17-10-8-6-4-2)29(26,27)28-22-16-12-15-21(25)19-22/h11-12,14-16,18-19,25H,3-10,13,17H2,1-2H3. The van der Waals surface area contributed by atoms with E-state index >= 15 is 0 Å². The summed E-state index contributed by atoms with van der Waals surface area (Å²) < 4.78 is 31.4. The molecule has 0 aliphatic carbocycles. The van der Waals surface area contributed by atoms with Gasteiger partial charge in [0.05, 0.1) is 0 Å². The SMILES string of the molecule is CCCCCCc1cccc(S(=O)(=O)Oc2cccc(O)c2)c1CCCCCC. The molecule has 2 aromatic rings. The lowest BCUT2D eigenvalue weighted by Crippen LogP contribution is -2.14. The normalized spacial score (nSPS) is 11.5. The van der Waals surface area contributed by atoms with Crippen LogP contribution in [0.4, 0.5) is 0 Å². The lowest BCUT2D eigenvalue weighted by molar-refractivity contribution is 0.463. The van der Waals surface area contributed by atoms with Crippen LogP contribution in [0.25, 0.3) is 0 Å². The fourth-order valence-corrected chi connectivity index (χ4v) is 4.77. The van der Waals surface area contributed by atoms with Gasteiger partial charge in [-0.2, -0.15) is 8.42 Å². The smallest absolute Gasteiger partial charge is 0.339 e. The molecular formula is C24H34O4S. The zero-order chi connectivity index (χ0) is 21.1. The molecule has 0 bridgehead atoms. The van der Waals surface area contributed by atoms with Crippen LogP contribution in [0.1, 0.15) is 76.3 Å². The third kappa shape index (κ3) is 7.39. The summed E-state index contributed by atoms with van der Waals surface area (Å²) in [6, 6.07) is 11.4. The average Bonchev–Trinajstić information content (AvgIpc) is 2.68. The Labute approximate surface area is 176 Å². The van der Waals surface area contributed by atoms with Crippen molar-refractivity contribution in [2.75, 3.05) is 0 Å². The van der Waals surface area contributed by atoms with Crippen LogP contribution in [0.2, 0.25) is 0 Å². The molecule has 2 aromatic carbocycles. The minimum atomic E-state index is -3.97. The van der Waals surface area contributed by atoms with Crippen LogP contribution in [-0.2, 0) is 23.0 Å². The summed E-state index contributed by atoms with van der Waals surface area (Å²) in [5, 5.41) is 9.61. The predicted molar refractivity (Wildman–Crippen MR) is 118 cm³/mol. The minimum Gasteiger partial charge on any atom is -0.508 e. The quantitative estimate of drug-likeness (QED) is 0.302. The van der Waals surface area contributed by atoms with Gasteiger partial charge in [0.1, 0.15) is 16.4 Å². The van der Waals surface area contributed by atoms with E-state index in [-0.39, 0.29) is 16.4 Å². The van der Waals surface area contributed by atoms with Crippen molar-refractivity contribution in [2.45, 2.75) is 83.0 Å². The lowest BCUT2D eigenvalue weighted by Gasteiger charge is -2.16. The molecule has 5 heteroatoms. The van der Waals surface area contributed by atoms with Gasteiger partial charge in [-0.05, 0) is 55.0 Å². The van der Waals surface area contributed by atoms with Crippen molar-refractivity contribution in [3.05, 3.63) is 53.6 Å². The summed E-state index contributed by atoms with van der Waals surface area (Å²) in [6.45, 7) is 4.35. The van der Waals surface area contributed by atoms with E-state index < -0.39 is 10.1 Å². The summed E-state index contributed by atoms with van der Waals surface area (Å²) in [5.41, 5.74) is 2.00. The van der Waals surface area contributed by atoms with E-state index in [2.05, 4.69) is 19.9 Å². The molecule has 0 heterocycles. The number of benzene rings is 2.